The Balaban J connectivity index is 1.59. The van der Waals surface area contributed by atoms with Crippen LogP contribution in [0.5, 0.6) is 0 Å². The van der Waals surface area contributed by atoms with E-state index in [1.165, 1.54) is 12.8 Å². The Hall–Kier alpha value is -1.63. The molecule has 0 radical (unpaired) electrons. The molecule has 0 unspecified atom stereocenters. The van der Waals surface area contributed by atoms with Crippen molar-refractivity contribution in [2.45, 2.75) is 56.9 Å². The molecular weight excluding hydrogens is 306 g/mol. The van der Waals surface area contributed by atoms with Gasteiger partial charge in [0.1, 0.15) is 11.9 Å². The van der Waals surface area contributed by atoms with Gasteiger partial charge in [-0.3, -0.25) is 9.58 Å². The van der Waals surface area contributed by atoms with Gasteiger partial charge in [-0.15, -0.1) is 0 Å². The van der Waals surface area contributed by atoms with Crippen LogP contribution in [0.4, 0.5) is 0 Å². The SMILES string of the molecule is O[C@H](CN1CCCCC[C@@H]1C[C@H](O)c1ccco1)Cn1cccn1. The number of hydrogen-bond donors (Lipinski definition) is 2. The van der Waals surface area contributed by atoms with Gasteiger partial charge < -0.3 is 14.6 Å². The van der Waals surface area contributed by atoms with E-state index >= 15 is 0 Å². The molecule has 1 fully saturated rings. The number of β-amino-alcohol motifs (C(OH)–C–C–N with tert-alkyl or cyclic N) is 1. The Morgan fingerprint density at radius 2 is 2.12 bits per heavy atom. The van der Waals surface area contributed by atoms with Gasteiger partial charge in [-0.1, -0.05) is 12.8 Å². The van der Waals surface area contributed by atoms with Crippen LogP contribution in [0.15, 0.2) is 41.3 Å². The average molecular weight is 333 g/mol. The average Bonchev–Trinajstić information content (AvgIpc) is 3.22. The second-order valence-corrected chi connectivity index (χ2v) is 6.65. The highest BCUT2D eigenvalue weighted by Crippen LogP contribution is 2.26. The molecule has 1 aliphatic rings. The van der Waals surface area contributed by atoms with Crippen molar-refractivity contribution in [2.24, 2.45) is 0 Å². The van der Waals surface area contributed by atoms with Gasteiger partial charge >= 0.3 is 0 Å². The van der Waals surface area contributed by atoms with E-state index in [1.54, 1.807) is 23.2 Å². The first-order valence-electron chi connectivity index (χ1n) is 8.83. The van der Waals surface area contributed by atoms with E-state index in [-0.39, 0.29) is 6.04 Å². The van der Waals surface area contributed by atoms with Crippen LogP contribution in [0, 0.1) is 0 Å². The summed E-state index contributed by atoms with van der Waals surface area (Å²) in [5, 5.41) is 25.0. The third kappa shape index (κ3) is 4.69. The molecule has 0 aromatic carbocycles. The molecular formula is C18H27N3O3. The molecule has 24 heavy (non-hydrogen) atoms. The molecule has 1 aliphatic heterocycles. The van der Waals surface area contributed by atoms with E-state index in [0.717, 1.165) is 19.4 Å². The fourth-order valence-electron chi connectivity index (χ4n) is 3.55. The highest BCUT2D eigenvalue weighted by atomic mass is 16.4. The minimum Gasteiger partial charge on any atom is -0.467 e. The molecule has 3 rings (SSSR count). The lowest BCUT2D eigenvalue weighted by Gasteiger charge is -2.32. The molecule has 0 bridgehead atoms. The number of furan rings is 1. The summed E-state index contributed by atoms with van der Waals surface area (Å²) < 4.78 is 7.08. The van der Waals surface area contributed by atoms with E-state index in [4.69, 9.17) is 4.42 Å². The molecule has 6 heteroatoms. The normalized spacial score (nSPS) is 22.2. The van der Waals surface area contributed by atoms with Crippen molar-refractivity contribution < 1.29 is 14.6 Å². The van der Waals surface area contributed by atoms with E-state index < -0.39 is 12.2 Å². The van der Waals surface area contributed by atoms with Crippen LogP contribution in [0.1, 0.15) is 44.0 Å². The van der Waals surface area contributed by atoms with E-state index in [1.807, 2.05) is 18.3 Å². The number of aromatic nitrogens is 2. The smallest absolute Gasteiger partial charge is 0.132 e. The number of nitrogens with zero attached hydrogens (tertiary/aromatic N) is 3. The fourth-order valence-corrected chi connectivity index (χ4v) is 3.55. The molecule has 132 valence electrons. The second kappa shape index (κ2) is 8.46. The lowest BCUT2D eigenvalue weighted by Crippen LogP contribution is -2.42. The summed E-state index contributed by atoms with van der Waals surface area (Å²) >= 11 is 0. The van der Waals surface area contributed by atoms with Gasteiger partial charge in [0.15, 0.2) is 0 Å². The molecule has 0 amide bonds. The van der Waals surface area contributed by atoms with Crippen molar-refractivity contribution in [1.82, 2.24) is 14.7 Å². The topological polar surface area (TPSA) is 74.7 Å². The molecule has 2 aromatic rings. The Kier molecular flexibility index (Phi) is 6.07. The maximum absolute atomic E-state index is 10.4. The Morgan fingerprint density at radius 3 is 2.88 bits per heavy atom. The van der Waals surface area contributed by atoms with Crippen LogP contribution in [0.3, 0.4) is 0 Å². The summed E-state index contributed by atoms with van der Waals surface area (Å²) in [5.41, 5.74) is 0. The van der Waals surface area contributed by atoms with E-state index in [0.29, 0.717) is 25.3 Å². The first-order valence-corrected chi connectivity index (χ1v) is 8.83. The zero-order valence-corrected chi connectivity index (χ0v) is 14.0. The van der Waals surface area contributed by atoms with Crippen molar-refractivity contribution in [3.63, 3.8) is 0 Å². The third-order valence-electron chi connectivity index (χ3n) is 4.77. The van der Waals surface area contributed by atoms with E-state index in [2.05, 4.69) is 10.00 Å². The third-order valence-corrected chi connectivity index (χ3v) is 4.77. The highest BCUT2D eigenvalue weighted by molar-refractivity contribution is 5.02. The van der Waals surface area contributed by atoms with Crippen molar-refractivity contribution >= 4 is 0 Å². The minimum atomic E-state index is -0.589. The summed E-state index contributed by atoms with van der Waals surface area (Å²) in [6, 6.07) is 5.75. The molecule has 3 atom stereocenters. The first-order chi connectivity index (χ1) is 11.7. The molecule has 0 aliphatic carbocycles. The summed E-state index contributed by atoms with van der Waals surface area (Å²) in [5.74, 6) is 0.622. The van der Waals surface area contributed by atoms with Gasteiger partial charge in [-0.25, -0.2) is 0 Å². The Bertz CT molecular complexity index is 570. The van der Waals surface area contributed by atoms with Crippen LogP contribution in [-0.4, -0.2) is 50.1 Å². The van der Waals surface area contributed by atoms with Crippen molar-refractivity contribution in [1.29, 1.82) is 0 Å². The van der Waals surface area contributed by atoms with Crippen molar-refractivity contribution in [3.05, 3.63) is 42.6 Å². The number of likely N-dealkylation sites (tertiary alicyclic amines) is 1. The van der Waals surface area contributed by atoms with Gasteiger partial charge in [0.25, 0.3) is 0 Å². The Labute approximate surface area is 142 Å². The van der Waals surface area contributed by atoms with Gasteiger partial charge in [0.05, 0.1) is 18.9 Å². The monoisotopic (exact) mass is 333 g/mol. The standard InChI is InChI=1S/C18H27N3O3/c22-16(14-21-10-5-8-19-21)13-20-9-3-1-2-6-15(20)12-17(23)18-7-4-11-24-18/h4-5,7-8,10-11,15-17,22-23H,1-3,6,9,12-14H2/t15-,16-,17+/m1/s1. The van der Waals surface area contributed by atoms with Crippen LogP contribution >= 0.6 is 0 Å². The van der Waals surface area contributed by atoms with Crippen LogP contribution in [0.2, 0.25) is 0 Å². The fraction of sp³-hybridized carbons (Fsp3) is 0.611. The molecule has 6 nitrogen and oxygen atoms in total. The number of hydrogen-bond acceptors (Lipinski definition) is 5. The van der Waals surface area contributed by atoms with Gasteiger partial charge in [-0.2, -0.15) is 5.10 Å². The van der Waals surface area contributed by atoms with Gasteiger partial charge in [-0.05, 0) is 44.0 Å². The molecule has 3 heterocycles. The maximum Gasteiger partial charge on any atom is 0.132 e. The predicted octanol–water partition coefficient (Wildman–Crippen LogP) is 2.21. The quantitative estimate of drug-likeness (QED) is 0.812. The summed E-state index contributed by atoms with van der Waals surface area (Å²) in [6.45, 7) is 2.07. The number of aliphatic hydroxyl groups excluding tert-OH is 2. The molecule has 2 aromatic heterocycles. The summed E-state index contributed by atoms with van der Waals surface area (Å²) in [6.07, 6.45) is 9.33. The first kappa shape index (κ1) is 17.2. The molecule has 1 saturated heterocycles. The van der Waals surface area contributed by atoms with Crippen molar-refractivity contribution in [3.8, 4) is 0 Å². The summed E-state index contributed by atoms with van der Waals surface area (Å²) in [4.78, 5) is 2.33. The maximum atomic E-state index is 10.4. The molecule has 2 N–H and O–H groups in total. The largest absolute Gasteiger partial charge is 0.467 e. The van der Waals surface area contributed by atoms with Gasteiger partial charge in [0, 0.05) is 25.0 Å². The summed E-state index contributed by atoms with van der Waals surface area (Å²) in [7, 11) is 0. The minimum absolute atomic E-state index is 0.264. The zero-order chi connectivity index (χ0) is 16.8. The molecule has 0 spiro atoms. The molecule has 0 saturated carbocycles. The Morgan fingerprint density at radius 1 is 1.21 bits per heavy atom. The second-order valence-electron chi connectivity index (χ2n) is 6.65. The van der Waals surface area contributed by atoms with Crippen LogP contribution in [0.25, 0.3) is 0 Å². The highest BCUT2D eigenvalue weighted by Gasteiger charge is 2.26. The van der Waals surface area contributed by atoms with Crippen LogP contribution < -0.4 is 0 Å². The van der Waals surface area contributed by atoms with Gasteiger partial charge in [0.2, 0.25) is 0 Å². The number of aliphatic hydroxyl groups is 2. The lowest BCUT2D eigenvalue weighted by molar-refractivity contribution is 0.0461. The lowest BCUT2D eigenvalue weighted by atomic mass is 10.0. The van der Waals surface area contributed by atoms with E-state index in [9.17, 15) is 10.2 Å². The zero-order valence-electron chi connectivity index (χ0n) is 14.0. The predicted molar refractivity (Wildman–Crippen MR) is 90.3 cm³/mol. The van der Waals surface area contributed by atoms with Crippen molar-refractivity contribution in [2.75, 3.05) is 13.1 Å². The van der Waals surface area contributed by atoms with Crippen LogP contribution in [-0.2, 0) is 6.54 Å². The number of rotatable bonds is 7.